The van der Waals surface area contributed by atoms with Crippen LogP contribution in [0.4, 0.5) is 4.79 Å². The van der Waals surface area contributed by atoms with Gasteiger partial charge in [-0.3, -0.25) is 9.63 Å². The van der Waals surface area contributed by atoms with Crippen LogP contribution in [0.15, 0.2) is 5.16 Å². The fourth-order valence-electron chi connectivity index (χ4n) is 8.59. The van der Waals surface area contributed by atoms with Crippen molar-refractivity contribution < 1.29 is 14.4 Å². The molecule has 192 valence electrons. The Morgan fingerprint density at radius 2 is 1.85 bits per heavy atom. The summed E-state index contributed by atoms with van der Waals surface area (Å²) in [5, 5.41) is 7.69. The largest absolute Gasteiger partial charge is 0.435 e. The summed E-state index contributed by atoms with van der Waals surface area (Å²) in [4.78, 5) is 31.5. The molecule has 0 saturated heterocycles. The monoisotopic (exact) mass is 473 g/mol. The number of ketones is 1. The maximum atomic E-state index is 12.4. The molecule has 0 aliphatic heterocycles. The Bertz CT molecular complexity index is 811. The molecule has 7 atom stereocenters. The summed E-state index contributed by atoms with van der Waals surface area (Å²) in [6.07, 6.45) is 9.73. The molecule has 0 aromatic carbocycles. The van der Waals surface area contributed by atoms with Gasteiger partial charge in [-0.15, -0.1) is 0 Å². The third-order valence-electron chi connectivity index (χ3n) is 10.6. The highest BCUT2D eigenvalue weighted by Gasteiger charge is 2.60. The predicted octanol–water partition coefficient (Wildman–Crippen LogP) is 5.66. The van der Waals surface area contributed by atoms with Crippen LogP contribution in [0.2, 0.25) is 0 Å². The van der Waals surface area contributed by atoms with Crippen LogP contribution < -0.4 is 5.32 Å². The van der Waals surface area contributed by atoms with Crippen LogP contribution in [0.5, 0.6) is 0 Å². The Balaban J connectivity index is 1.39. The first-order chi connectivity index (χ1) is 16.1. The topological polar surface area (TPSA) is 71.0 Å². The number of nitrogens with zero attached hydrogens (tertiary/aromatic N) is 2. The SMILES string of the molecule is C/C(=N\OC(=O)N(C)CCNC(C)C)[C@H]1CC[C@H]2[C@@H]3CC[C@@H]4CC(=O)CC[C@]4(C)[C@H]3CC[C@]12C. The first-order valence-electron chi connectivity index (χ1n) is 13.8. The fraction of sp³-hybridized carbons (Fsp3) is 0.893. The molecule has 0 aromatic rings. The number of Topliss-reactive ketones (excluding diaryl/α,β-unsaturated/α-hetero) is 1. The number of oxime groups is 1. The third kappa shape index (κ3) is 4.68. The zero-order valence-corrected chi connectivity index (χ0v) is 22.4. The summed E-state index contributed by atoms with van der Waals surface area (Å²) in [6.45, 7) is 12.6. The number of amides is 1. The van der Waals surface area contributed by atoms with Crippen molar-refractivity contribution in [2.75, 3.05) is 20.1 Å². The summed E-state index contributed by atoms with van der Waals surface area (Å²) < 4.78 is 0. The Hall–Kier alpha value is -1.43. The van der Waals surface area contributed by atoms with Crippen molar-refractivity contribution in [2.45, 2.75) is 98.4 Å². The molecule has 4 fully saturated rings. The standard InChI is InChI=1S/C28H47N3O3/c1-18(2)29-15-16-31(6)26(33)34-30-19(3)23-9-10-24-22-8-7-20-17-21(32)11-13-27(20,4)25(22)12-14-28(23,24)5/h18,20,22-25,29H,7-17H2,1-6H3/b30-19+/t20-,22+,23-,24+,25+,27+,28-/m1/s1. The molecule has 6 heteroatoms. The second-order valence-electron chi connectivity index (χ2n) is 12.7. The second-order valence-corrected chi connectivity index (χ2v) is 12.7. The molecule has 4 rings (SSSR count). The van der Waals surface area contributed by atoms with E-state index in [1.165, 1.54) is 32.1 Å². The maximum Gasteiger partial charge on any atom is 0.435 e. The number of nitrogens with one attached hydrogen (secondary N) is 1. The van der Waals surface area contributed by atoms with Crippen LogP contribution in [-0.4, -0.2) is 48.7 Å². The molecule has 4 aliphatic carbocycles. The van der Waals surface area contributed by atoms with Gasteiger partial charge in [-0.25, -0.2) is 4.79 Å². The quantitative estimate of drug-likeness (QED) is 0.307. The zero-order valence-electron chi connectivity index (χ0n) is 22.4. The van der Waals surface area contributed by atoms with Gasteiger partial charge in [0.25, 0.3) is 0 Å². The van der Waals surface area contributed by atoms with Gasteiger partial charge in [0.05, 0.1) is 5.71 Å². The highest BCUT2D eigenvalue weighted by molar-refractivity contribution is 5.85. The molecule has 0 heterocycles. The van der Waals surface area contributed by atoms with E-state index in [9.17, 15) is 9.59 Å². The van der Waals surface area contributed by atoms with Crippen LogP contribution in [0.1, 0.15) is 92.4 Å². The van der Waals surface area contributed by atoms with E-state index in [4.69, 9.17) is 4.84 Å². The summed E-state index contributed by atoms with van der Waals surface area (Å²) in [5.74, 6) is 3.74. The van der Waals surface area contributed by atoms with E-state index in [1.807, 2.05) is 0 Å². The van der Waals surface area contributed by atoms with Gasteiger partial charge in [0.1, 0.15) is 5.78 Å². The molecule has 0 unspecified atom stereocenters. The lowest BCUT2D eigenvalue weighted by molar-refractivity contribution is -0.138. The second kappa shape index (κ2) is 9.91. The molecular weight excluding hydrogens is 426 g/mol. The van der Waals surface area contributed by atoms with Gasteiger partial charge in [-0.1, -0.05) is 32.9 Å². The minimum absolute atomic E-state index is 0.238. The number of fused-ring (bicyclic) bond motifs is 5. The molecule has 0 spiro atoms. The van der Waals surface area contributed by atoms with Crippen molar-refractivity contribution in [2.24, 2.45) is 45.6 Å². The van der Waals surface area contributed by atoms with Gasteiger partial charge < -0.3 is 10.2 Å². The highest BCUT2D eigenvalue weighted by Crippen LogP contribution is 2.67. The van der Waals surface area contributed by atoms with Gasteiger partial charge in [-0.05, 0) is 86.4 Å². The van der Waals surface area contributed by atoms with E-state index in [-0.39, 0.29) is 11.5 Å². The summed E-state index contributed by atoms with van der Waals surface area (Å²) >= 11 is 0. The summed E-state index contributed by atoms with van der Waals surface area (Å²) in [5.41, 5.74) is 1.57. The minimum Gasteiger partial charge on any atom is -0.313 e. The number of hydrogen-bond acceptors (Lipinski definition) is 5. The highest BCUT2D eigenvalue weighted by atomic mass is 16.7. The predicted molar refractivity (Wildman–Crippen MR) is 136 cm³/mol. The first kappa shape index (κ1) is 25.7. The number of rotatable bonds is 6. The lowest BCUT2D eigenvalue weighted by atomic mass is 9.44. The molecule has 0 radical (unpaired) electrons. The van der Waals surface area contributed by atoms with Crippen LogP contribution >= 0.6 is 0 Å². The van der Waals surface area contributed by atoms with Crippen molar-refractivity contribution in [1.82, 2.24) is 10.2 Å². The molecule has 0 aromatic heterocycles. The Morgan fingerprint density at radius 1 is 1.12 bits per heavy atom. The van der Waals surface area contributed by atoms with Crippen LogP contribution in [-0.2, 0) is 9.63 Å². The van der Waals surface area contributed by atoms with Crippen molar-refractivity contribution in [3.63, 3.8) is 0 Å². The van der Waals surface area contributed by atoms with Gasteiger partial charge in [-0.2, -0.15) is 0 Å². The normalized spacial score (nSPS) is 39.9. The summed E-state index contributed by atoms with van der Waals surface area (Å²) in [6, 6.07) is 0.397. The summed E-state index contributed by atoms with van der Waals surface area (Å²) in [7, 11) is 1.76. The molecule has 34 heavy (non-hydrogen) atoms. The molecule has 4 saturated carbocycles. The average Bonchev–Trinajstić information content (AvgIpc) is 3.14. The van der Waals surface area contributed by atoms with Gasteiger partial charge in [0, 0.05) is 44.9 Å². The van der Waals surface area contributed by atoms with Crippen LogP contribution in [0, 0.1) is 40.4 Å². The minimum atomic E-state index is -0.383. The average molecular weight is 474 g/mol. The van der Waals surface area contributed by atoms with Gasteiger partial charge in [0.2, 0.25) is 0 Å². The smallest absolute Gasteiger partial charge is 0.313 e. The Morgan fingerprint density at radius 3 is 2.59 bits per heavy atom. The van der Waals surface area contributed by atoms with E-state index in [0.29, 0.717) is 35.6 Å². The van der Waals surface area contributed by atoms with Crippen LogP contribution in [0.3, 0.4) is 0 Å². The van der Waals surface area contributed by atoms with Gasteiger partial charge >= 0.3 is 6.09 Å². The number of carbonyl (C=O) groups excluding carboxylic acids is 2. The fourth-order valence-corrected chi connectivity index (χ4v) is 8.59. The van der Waals surface area contributed by atoms with Crippen LogP contribution in [0.25, 0.3) is 0 Å². The molecule has 1 amide bonds. The number of hydrogen-bond donors (Lipinski definition) is 1. The lowest BCUT2D eigenvalue weighted by Gasteiger charge is -2.60. The zero-order chi connectivity index (χ0) is 24.7. The lowest BCUT2D eigenvalue weighted by Crippen LogP contribution is -2.53. The maximum absolute atomic E-state index is 12.4. The third-order valence-corrected chi connectivity index (χ3v) is 10.6. The first-order valence-corrected chi connectivity index (χ1v) is 13.8. The molecule has 4 aliphatic rings. The van der Waals surface area contributed by atoms with E-state index < -0.39 is 0 Å². The molecule has 0 bridgehead atoms. The van der Waals surface area contributed by atoms with E-state index in [0.717, 1.165) is 55.7 Å². The van der Waals surface area contributed by atoms with Crippen molar-refractivity contribution in [1.29, 1.82) is 0 Å². The van der Waals surface area contributed by atoms with E-state index in [1.54, 1.807) is 11.9 Å². The molecule has 1 N–H and O–H groups in total. The number of carbonyl (C=O) groups is 2. The van der Waals surface area contributed by atoms with E-state index in [2.05, 4.69) is 45.1 Å². The van der Waals surface area contributed by atoms with Crippen molar-refractivity contribution >= 4 is 17.6 Å². The Kier molecular flexibility index (Phi) is 7.48. The molecule has 6 nitrogen and oxygen atoms in total. The van der Waals surface area contributed by atoms with Crippen molar-refractivity contribution in [3.8, 4) is 0 Å². The van der Waals surface area contributed by atoms with Crippen molar-refractivity contribution in [3.05, 3.63) is 0 Å². The van der Waals surface area contributed by atoms with E-state index >= 15 is 0 Å². The Labute approximate surface area is 206 Å². The molecular formula is C28H47N3O3. The van der Waals surface area contributed by atoms with Gasteiger partial charge in [0.15, 0.2) is 0 Å². The number of likely N-dealkylation sites (N-methyl/N-ethyl adjacent to an activating group) is 1.